The number of benzene rings is 1. The van der Waals surface area contributed by atoms with E-state index in [1.165, 1.54) is 0 Å². The Hall–Kier alpha value is -3.05. The number of Topliss-reactive ketones (excluding diaryl/α,β-unsaturated/α-hetero) is 1. The van der Waals surface area contributed by atoms with Gasteiger partial charge in [0.15, 0.2) is 5.78 Å². The molecular formula is C25H26ClN3O2. The normalized spacial score (nSPS) is 10.7. The van der Waals surface area contributed by atoms with Gasteiger partial charge in [-0.1, -0.05) is 36.7 Å². The minimum atomic E-state index is -0.00389. The summed E-state index contributed by atoms with van der Waals surface area (Å²) in [5.74, 6) is -0.00426. The molecule has 0 atom stereocenters. The number of amides is 1. The molecule has 2 aromatic heterocycles. The Balaban J connectivity index is 1.70. The molecule has 5 nitrogen and oxygen atoms in total. The third-order valence-electron chi connectivity index (χ3n) is 5.32. The Labute approximate surface area is 188 Å². The number of aryl methyl sites for hydroxylation is 3. The Morgan fingerprint density at radius 2 is 1.77 bits per heavy atom. The quantitative estimate of drug-likeness (QED) is 0.453. The van der Waals surface area contributed by atoms with Gasteiger partial charge in [0.2, 0.25) is 5.91 Å². The molecule has 0 saturated heterocycles. The largest absolute Gasteiger partial charge is 0.314 e. The van der Waals surface area contributed by atoms with Gasteiger partial charge in [-0.05, 0) is 55.7 Å². The van der Waals surface area contributed by atoms with Crippen molar-refractivity contribution in [1.29, 1.82) is 0 Å². The molecule has 0 bridgehead atoms. The number of hydrogen-bond donors (Lipinski definition) is 0. The van der Waals surface area contributed by atoms with Crippen LogP contribution in [0.3, 0.4) is 0 Å². The predicted molar refractivity (Wildman–Crippen MR) is 125 cm³/mol. The van der Waals surface area contributed by atoms with Crippen LogP contribution in [-0.4, -0.2) is 28.7 Å². The molecule has 1 amide bonds. The van der Waals surface area contributed by atoms with Crippen LogP contribution in [0.5, 0.6) is 0 Å². The van der Waals surface area contributed by atoms with E-state index in [0.717, 1.165) is 28.1 Å². The Bertz CT molecular complexity index is 1110. The average Bonchev–Trinajstić information content (AvgIpc) is 2.77. The zero-order valence-corrected chi connectivity index (χ0v) is 19.0. The van der Waals surface area contributed by atoms with E-state index in [1.54, 1.807) is 24.2 Å². The summed E-state index contributed by atoms with van der Waals surface area (Å²) in [5, 5.41) is 0.490. The maximum atomic E-state index is 12.6. The molecule has 0 saturated carbocycles. The van der Waals surface area contributed by atoms with Crippen molar-refractivity contribution in [3.8, 4) is 11.1 Å². The highest BCUT2D eigenvalue weighted by atomic mass is 35.5. The summed E-state index contributed by atoms with van der Waals surface area (Å²) in [6.45, 7) is 5.73. The van der Waals surface area contributed by atoms with Crippen LogP contribution in [0.25, 0.3) is 11.1 Å². The first kappa shape index (κ1) is 22.6. The van der Waals surface area contributed by atoms with E-state index in [4.69, 9.17) is 11.6 Å². The van der Waals surface area contributed by atoms with Crippen LogP contribution in [-0.2, 0) is 11.2 Å². The number of aromatic nitrogens is 2. The first-order valence-electron chi connectivity index (χ1n) is 10.3. The van der Waals surface area contributed by atoms with Crippen LogP contribution in [0.4, 0.5) is 5.69 Å². The van der Waals surface area contributed by atoms with Crippen molar-refractivity contribution in [3.63, 3.8) is 0 Å². The number of ketones is 1. The zero-order chi connectivity index (χ0) is 22.5. The lowest BCUT2D eigenvalue weighted by Crippen LogP contribution is -2.25. The fourth-order valence-electron chi connectivity index (χ4n) is 3.42. The monoisotopic (exact) mass is 435 g/mol. The molecule has 160 valence electrons. The predicted octanol–water partition coefficient (Wildman–Crippen LogP) is 5.60. The molecule has 1 aromatic carbocycles. The summed E-state index contributed by atoms with van der Waals surface area (Å²) < 4.78 is 0. The van der Waals surface area contributed by atoms with Gasteiger partial charge in [-0.15, -0.1) is 0 Å². The molecule has 0 aliphatic carbocycles. The lowest BCUT2D eigenvalue weighted by molar-refractivity contribution is -0.118. The van der Waals surface area contributed by atoms with E-state index in [2.05, 4.69) is 9.97 Å². The molecule has 0 spiro atoms. The molecular weight excluding hydrogens is 410 g/mol. The van der Waals surface area contributed by atoms with E-state index in [1.807, 2.05) is 57.2 Å². The van der Waals surface area contributed by atoms with E-state index < -0.39 is 0 Å². The highest BCUT2D eigenvalue weighted by molar-refractivity contribution is 6.34. The topological polar surface area (TPSA) is 63.2 Å². The van der Waals surface area contributed by atoms with Gasteiger partial charge < -0.3 is 4.90 Å². The molecule has 0 unspecified atom stereocenters. The minimum Gasteiger partial charge on any atom is -0.314 e. The average molecular weight is 436 g/mol. The van der Waals surface area contributed by atoms with Crippen LogP contribution in [0.15, 0.2) is 48.7 Å². The molecule has 31 heavy (non-hydrogen) atoms. The van der Waals surface area contributed by atoms with Gasteiger partial charge in [0.25, 0.3) is 0 Å². The smallest absolute Gasteiger partial charge is 0.226 e. The van der Waals surface area contributed by atoms with Crippen molar-refractivity contribution in [2.24, 2.45) is 0 Å². The fraction of sp³-hybridized carbons (Fsp3) is 0.280. The van der Waals surface area contributed by atoms with Crippen molar-refractivity contribution >= 4 is 29.0 Å². The minimum absolute atomic E-state index is 0.000363. The molecule has 0 aliphatic heterocycles. The summed E-state index contributed by atoms with van der Waals surface area (Å²) in [6.07, 6.45) is 3.12. The van der Waals surface area contributed by atoms with Crippen molar-refractivity contribution in [3.05, 3.63) is 76.3 Å². The second kappa shape index (κ2) is 9.84. The molecule has 6 heteroatoms. The van der Waals surface area contributed by atoms with Gasteiger partial charge in [-0.25, -0.2) is 0 Å². The first-order chi connectivity index (χ1) is 14.8. The first-order valence-corrected chi connectivity index (χ1v) is 10.7. The maximum absolute atomic E-state index is 12.6. The third kappa shape index (κ3) is 5.36. The van der Waals surface area contributed by atoms with Gasteiger partial charge in [0.1, 0.15) is 5.69 Å². The standard InChI is InChI=1S/C25H26ClN3O2/c1-5-25(31)29(4)23-12-9-19(14-21(23)26)20-8-11-22(27-15-20)24(30)13-10-18-7-6-16(2)28-17(18)3/h6-9,11-12,14-15H,5,10,13H2,1-4H3. The molecule has 0 fully saturated rings. The summed E-state index contributed by atoms with van der Waals surface area (Å²) in [5.41, 5.74) is 5.85. The van der Waals surface area contributed by atoms with Gasteiger partial charge >= 0.3 is 0 Å². The molecule has 0 N–H and O–H groups in total. The number of rotatable bonds is 7. The van der Waals surface area contributed by atoms with Crippen molar-refractivity contribution < 1.29 is 9.59 Å². The Morgan fingerprint density at radius 1 is 1.03 bits per heavy atom. The highest BCUT2D eigenvalue weighted by Crippen LogP contribution is 2.31. The second-order valence-electron chi connectivity index (χ2n) is 7.52. The number of hydrogen-bond acceptors (Lipinski definition) is 4. The number of nitrogens with zero attached hydrogens (tertiary/aromatic N) is 3. The third-order valence-corrected chi connectivity index (χ3v) is 5.63. The van der Waals surface area contributed by atoms with Gasteiger partial charge in [-0.3, -0.25) is 19.6 Å². The van der Waals surface area contributed by atoms with E-state index in [-0.39, 0.29) is 11.7 Å². The van der Waals surface area contributed by atoms with E-state index in [0.29, 0.717) is 35.7 Å². The number of halogens is 1. The number of anilines is 1. The summed E-state index contributed by atoms with van der Waals surface area (Å²) in [7, 11) is 1.71. The lowest BCUT2D eigenvalue weighted by atomic mass is 10.0. The summed E-state index contributed by atoms with van der Waals surface area (Å²) in [6, 6.07) is 13.1. The van der Waals surface area contributed by atoms with E-state index in [9.17, 15) is 9.59 Å². The van der Waals surface area contributed by atoms with Crippen LogP contribution in [0.1, 0.15) is 47.2 Å². The summed E-state index contributed by atoms with van der Waals surface area (Å²) in [4.78, 5) is 34.8. The fourth-order valence-corrected chi connectivity index (χ4v) is 3.72. The maximum Gasteiger partial charge on any atom is 0.226 e. The highest BCUT2D eigenvalue weighted by Gasteiger charge is 2.14. The summed E-state index contributed by atoms with van der Waals surface area (Å²) >= 11 is 6.41. The lowest BCUT2D eigenvalue weighted by Gasteiger charge is -2.18. The molecule has 3 aromatic rings. The zero-order valence-electron chi connectivity index (χ0n) is 18.3. The number of carbonyl (C=O) groups excluding carboxylic acids is 2. The Kier molecular flexibility index (Phi) is 7.18. The molecule has 2 heterocycles. The van der Waals surface area contributed by atoms with Gasteiger partial charge in [0.05, 0.1) is 10.7 Å². The van der Waals surface area contributed by atoms with Crippen LogP contribution < -0.4 is 4.90 Å². The molecule has 0 aliphatic rings. The van der Waals surface area contributed by atoms with E-state index >= 15 is 0 Å². The Morgan fingerprint density at radius 3 is 2.39 bits per heavy atom. The van der Waals surface area contributed by atoms with Crippen molar-refractivity contribution in [2.45, 2.75) is 40.0 Å². The van der Waals surface area contributed by atoms with Crippen LogP contribution in [0.2, 0.25) is 5.02 Å². The van der Waals surface area contributed by atoms with Crippen molar-refractivity contribution in [1.82, 2.24) is 9.97 Å². The molecule has 0 radical (unpaired) electrons. The SMILES string of the molecule is CCC(=O)N(C)c1ccc(-c2ccc(C(=O)CCc3ccc(C)nc3C)nc2)cc1Cl. The van der Waals surface area contributed by atoms with Gasteiger partial charge in [0, 0.05) is 43.0 Å². The molecule has 3 rings (SSSR count). The van der Waals surface area contributed by atoms with Crippen LogP contribution >= 0.6 is 11.6 Å². The van der Waals surface area contributed by atoms with Gasteiger partial charge in [-0.2, -0.15) is 0 Å². The second-order valence-corrected chi connectivity index (χ2v) is 7.93. The number of carbonyl (C=O) groups is 2. The number of pyridine rings is 2. The van der Waals surface area contributed by atoms with Crippen LogP contribution in [0, 0.1) is 13.8 Å². The van der Waals surface area contributed by atoms with Crippen molar-refractivity contribution in [2.75, 3.05) is 11.9 Å².